The fraction of sp³-hybridized carbons (Fsp3) is 0.235. The number of hydrogen-bond donors (Lipinski definition) is 1. The summed E-state index contributed by atoms with van der Waals surface area (Å²) in [5.74, 6) is -0.749. The molecule has 2 rings (SSSR count). The van der Waals surface area contributed by atoms with E-state index in [0.29, 0.717) is 6.42 Å². The fourth-order valence-corrected chi connectivity index (χ4v) is 2.45. The van der Waals surface area contributed by atoms with E-state index in [1.165, 1.54) is 22.3 Å². The number of aliphatic carboxylic acids is 1. The number of carboxylic acid groups (broad SMARTS) is 1. The number of hydrogen-bond acceptors (Lipinski definition) is 1. The van der Waals surface area contributed by atoms with Crippen LogP contribution in [0.2, 0.25) is 0 Å². The Bertz CT molecular complexity index is 586. The first kappa shape index (κ1) is 13.3. The van der Waals surface area contributed by atoms with Crippen molar-refractivity contribution in [3.8, 4) is 11.1 Å². The van der Waals surface area contributed by atoms with Gasteiger partial charge < -0.3 is 5.11 Å². The van der Waals surface area contributed by atoms with Gasteiger partial charge in [0.1, 0.15) is 0 Å². The van der Waals surface area contributed by atoms with E-state index < -0.39 is 5.97 Å². The molecular formula is C17H18O2. The summed E-state index contributed by atoms with van der Waals surface area (Å²) in [5, 5.41) is 8.81. The lowest BCUT2D eigenvalue weighted by Crippen LogP contribution is -2.01. The molecule has 0 aliphatic carbocycles. The Morgan fingerprint density at radius 3 is 2.37 bits per heavy atom. The third-order valence-electron chi connectivity index (χ3n) is 3.46. The molecule has 1 N–H and O–H groups in total. The van der Waals surface area contributed by atoms with Crippen molar-refractivity contribution in [3.63, 3.8) is 0 Å². The highest BCUT2D eigenvalue weighted by molar-refractivity contribution is 5.72. The molecular weight excluding hydrogens is 236 g/mol. The minimum Gasteiger partial charge on any atom is -0.481 e. The Kier molecular flexibility index (Phi) is 4.00. The lowest BCUT2D eigenvalue weighted by molar-refractivity contribution is -0.136. The SMILES string of the molecule is Cc1ccc(CCC(=O)O)c(C)c1-c1ccccc1. The molecule has 0 aliphatic rings. The lowest BCUT2D eigenvalue weighted by Gasteiger charge is -2.14. The molecule has 98 valence electrons. The Labute approximate surface area is 113 Å². The molecule has 2 heteroatoms. The zero-order valence-corrected chi connectivity index (χ0v) is 11.3. The van der Waals surface area contributed by atoms with E-state index >= 15 is 0 Å². The van der Waals surface area contributed by atoms with Crippen LogP contribution in [0.3, 0.4) is 0 Å². The molecule has 0 aromatic heterocycles. The number of benzene rings is 2. The van der Waals surface area contributed by atoms with Gasteiger partial charge in [0.2, 0.25) is 0 Å². The Balaban J connectivity index is 2.43. The molecule has 0 unspecified atom stereocenters. The number of carboxylic acids is 1. The van der Waals surface area contributed by atoms with Crippen molar-refractivity contribution in [1.29, 1.82) is 0 Å². The second-order valence-electron chi connectivity index (χ2n) is 4.80. The van der Waals surface area contributed by atoms with Crippen molar-refractivity contribution in [2.45, 2.75) is 26.7 Å². The van der Waals surface area contributed by atoms with E-state index in [4.69, 9.17) is 5.11 Å². The van der Waals surface area contributed by atoms with Crippen molar-refractivity contribution >= 4 is 5.97 Å². The Hall–Kier alpha value is -2.09. The van der Waals surface area contributed by atoms with Crippen LogP contribution in [0.25, 0.3) is 11.1 Å². The molecule has 0 spiro atoms. The first-order valence-corrected chi connectivity index (χ1v) is 6.46. The van der Waals surface area contributed by atoms with E-state index in [1.807, 2.05) is 24.3 Å². The van der Waals surface area contributed by atoms with E-state index in [-0.39, 0.29) is 6.42 Å². The third-order valence-corrected chi connectivity index (χ3v) is 3.46. The summed E-state index contributed by atoms with van der Waals surface area (Å²) in [6.45, 7) is 4.17. The molecule has 0 heterocycles. The highest BCUT2D eigenvalue weighted by atomic mass is 16.4. The van der Waals surface area contributed by atoms with Crippen LogP contribution in [0.4, 0.5) is 0 Å². The standard InChI is InChI=1S/C17H18O2/c1-12-8-9-14(10-11-16(18)19)13(2)17(12)15-6-4-3-5-7-15/h3-9H,10-11H2,1-2H3,(H,18,19). The van der Waals surface area contributed by atoms with E-state index in [9.17, 15) is 4.79 Å². The van der Waals surface area contributed by atoms with Crippen LogP contribution in [0, 0.1) is 13.8 Å². The summed E-state index contributed by atoms with van der Waals surface area (Å²) in [6.07, 6.45) is 0.763. The van der Waals surface area contributed by atoms with E-state index in [1.54, 1.807) is 0 Å². The molecule has 0 amide bonds. The smallest absolute Gasteiger partial charge is 0.303 e. The fourth-order valence-electron chi connectivity index (χ4n) is 2.45. The zero-order chi connectivity index (χ0) is 13.8. The third kappa shape index (κ3) is 3.02. The second-order valence-corrected chi connectivity index (χ2v) is 4.80. The van der Waals surface area contributed by atoms with Crippen LogP contribution in [-0.2, 0) is 11.2 Å². The molecule has 0 bridgehead atoms. The Morgan fingerprint density at radius 1 is 1.05 bits per heavy atom. The first-order chi connectivity index (χ1) is 9.09. The quantitative estimate of drug-likeness (QED) is 0.895. The van der Waals surface area contributed by atoms with Gasteiger partial charge in [-0.25, -0.2) is 0 Å². The Morgan fingerprint density at radius 2 is 1.74 bits per heavy atom. The highest BCUT2D eigenvalue weighted by Crippen LogP contribution is 2.29. The summed E-state index contributed by atoms with van der Waals surface area (Å²) >= 11 is 0. The number of carbonyl (C=O) groups is 1. The van der Waals surface area contributed by atoms with Crippen molar-refractivity contribution < 1.29 is 9.90 Å². The minimum atomic E-state index is -0.749. The van der Waals surface area contributed by atoms with Crippen molar-refractivity contribution in [2.75, 3.05) is 0 Å². The number of aryl methyl sites for hydroxylation is 2. The maximum Gasteiger partial charge on any atom is 0.303 e. The average molecular weight is 254 g/mol. The van der Waals surface area contributed by atoms with Gasteiger partial charge in [-0.05, 0) is 48.1 Å². The molecule has 19 heavy (non-hydrogen) atoms. The molecule has 0 fully saturated rings. The molecule has 2 nitrogen and oxygen atoms in total. The molecule has 2 aromatic rings. The van der Waals surface area contributed by atoms with Crippen LogP contribution in [0.5, 0.6) is 0 Å². The second kappa shape index (κ2) is 5.70. The zero-order valence-electron chi connectivity index (χ0n) is 11.3. The highest BCUT2D eigenvalue weighted by Gasteiger charge is 2.10. The molecule has 0 saturated heterocycles. The normalized spacial score (nSPS) is 10.4. The minimum absolute atomic E-state index is 0.179. The summed E-state index contributed by atoms with van der Waals surface area (Å²) in [6, 6.07) is 14.4. The van der Waals surface area contributed by atoms with E-state index in [2.05, 4.69) is 32.0 Å². The van der Waals surface area contributed by atoms with Crippen LogP contribution in [-0.4, -0.2) is 11.1 Å². The molecule has 2 aromatic carbocycles. The van der Waals surface area contributed by atoms with Gasteiger partial charge in [0.25, 0.3) is 0 Å². The van der Waals surface area contributed by atoms with Gasteiger partial charge in [0.15, 0.2) is 0 Å². The van der Waals surface area contributed by atoms with Crippen molar-refractivity contribution in [2.24, 2.45) is 0 Å². The predicted molar refractivity (Wildman–Crippen MR) is 77.3 cm³/mol. The monoisotopic (exact) mass is 254 g/mol. The summed E-state index contributed by atoms with van der Waals surface area (Å²) in [4.78, 5) is 10.7. The van der Waals surface area contributed by atoms with Crippen LogP contribution < -0.4 is 0 Å². The van der Waals surface area contributed by atoms with Gasteiger partial charge in [-0.1, -0.05) is 42.5 Å². The topological polar surface area (TPSA) is 37.3 Å². The van der Waals surface area contributed by atoms with Crippen LogP contribution >= 0.6 is 0 Å². The average Bonchev–Trinajstić information content (AvgIpc) is 2.39. The maximum atomic E-state index is 10.7. The maximum absolute atomic E-state index is 10.7. The first-order valence-electron chi connectivity index (χ1n) is 6.46. The van der Waals surface area contributed by atoms with Gasteiger partial charge in [0.05, 0.1) is 0 Å². The van der Waals surface area contributed by atoms with Crippen LogP contribution in [0.15, 0.2) is 42.5 Å². The van der Waals surface area contributed by atoms with Gasteiger partial charge in [-0.3, -0.25) is 4.79 Å². The van der Waals surface area contributed by atoms with Gasteiger partial charge >= 0.3 is 5.97 Å². The summed E-state index contributed by atoms with van der Waals surface area (Å²) in [5.41, 5.74) is 5.94. The molecule has 0 radical (unpaired) electrons. The lowest BCUT2D eigenvalue weighted by atomic mass is 9.91. The molecule has 0 aliphatic heterocycles. The molecule has 0 atom stereocenters. The molecule has 0 saturated carbocycles. The number of rotatable bonds is 4. The van der Waals surface area contributed by atoms with Crippen LogP contribution in [0.1, 0.15) is 23.1 Å². The van der Waals surface area contributed by atoms with Gasteiger partial charge in [-0.2, -0.15) is 0 Å². The summed E-state index contributed by atoms with van der Waals surface area (Å²) < 4.78 is 0. The van der Waals surface area contributed by atoms with Crippen molar-refractivity contribution in [3.05, 3.63) is 59.2 Å². The van der Waals surface area contributed by atoms with E-state index in [0.717, 1.165) is 5.56 Å². The van der Waals surface area contributed by atoms with Crippen molar-refractivity contribution in [1.82, 2.24) is 0 Å². The van der Waals surface area contributed by atoms with Gasteiger partial charge in [-0.15, -0.1) is 0 Å². The summed E-state index contributed by atoms with van der Waals surface area (Å²) in [7, 11) is 0. The van der Waals surface area contributed by atoms with Gasteiger partial charge in [0, 0.05) is 6.42 Å². The predicted octanol–water partition coefficient (Wildman–Crippen LogP) is 3.99. The largest absolute Gasteiger partial charge is 0.481 e.